The van der Waals surface area contributed by atoms with Crippen LogP contribution in [0.3, 0.4) is 0 Å². The first kappa shape index (κ1) is 20.9. The fraction of sp³-hybridized carbons (Fsp3) is 0.174. The summed E-state index contributed by atoms with van der Waals surface area (Å²) >= 11 is 3.39. The minimum absolute atomic E-state index is 0.329. The average molecular weight is 482 g/mol. The van der Waals surface area contributed by atoms with E-state index in [1.54, 1.807) is 56.4 Å². The van der Waals surface area contributed by atoms with Crippen LogP contribution in [-0.2, 0) is 4.79 Å². The third kappa shape index (κ3) is 4.54. The summed E-state index contributed by atoms with van der Waals surface area (Å²) in [5.74, 6) is 1.16. The molecule has 0 unspecified atom stereocenters. The molecule has 0 fully saturated rings. The quantitative estimate of drug-likeness (QED) is 0.393. The third-order valence-electron chi connectivity index (χ3n) is 4.59. The number of pyridine rings is 1. The van der Waals surface area contributed by atoms with Crippen molar-refractivity contribution in [2.45, 2.75) is 19.4 Å². The lowest BCUT2D eigenvalue weighted by atomic mass is 10.1. The predicted molar refractivity (Wildman–Crippen MR) is 121 cm³/mol. The first-order chi connectivity index (χ1) is 14.9. The molecule has 0 aliphatic carbocycles. The van der Waals surface area contributed by atoms with Crippen LogP contribution in [0, 0.1) is 0 Å². The van der Waals surface area contributed by atoms with Gasteiger partial charge in [0.1, 0.15) is 11.5 Å². The molecule has 0 saturated carbocycles. The Morgan fingerprint density at radius 1 is 1.13 bits per heavy atom. The molecule has 4 rings (SSSR count). The average Bonchev–Trinajstić information content (AvgIpc) is 3.19. The van der Waals surface area contributed by atoms with Gasteiger partial charge in [0.05, 0.1) is 12.8 Å². The van der Waals surface area contributed by atoms with Gasteiger partial charge in [0.15, 0.2) is 16.8 Å². The van der Waals surface area contributed by atoms with Gasteiger partial charge in [-0.25, -0.2) is 4.98 Å². The molecule has 2 aromatic heterocycles. The Kier molecular flexibility index (Phi) is 5.65. The van der Waals surface area contributed by atoms with E-state index in [0.717, 1.165) is 4.47 Å². The number of hydrogen-bond donors (Lipinski definition) is 1. The molecule has 2 heterocycles. The molecule has 2 aromatic carbocycles. The topological polar surface area (TPSA) is 86.5 Å². The van der Waals surface area contributed by atoms with E-state index in [1.165, 1.54) is 7.11 Å². The van der Waals surface area contributed by atoms with Gasteiger partial charge in [-0.1, -0.05) is 15.9 Å². The molecule has 8 heteroatoms. The molecule has 1 N–H and O–H groups in total. The number of fused-ring (bicyclic) bond motifs is 1. The van der Waals surface area contributed by atoms with Crippen LogP contribution in [0.2, 0.25) is 0 Å². The number of anilines is 1. The maximum Gasteiger partial charge on any atom is 0.268 e. The summed E-state index contributed by atoms with van der Waals surface area (Å²) in [6.45, 7) is 3.40. The molecule has 1 amide bonds. The van der Waals surface area contributed by atoms with Gasteiger partial charge in [-0.3, -0.25) is 4.79 Å². The second-order valence-electron chi connectivity index (χ2n) is 7.28. The van der Waals surface area contributed by atoms with Crippen LogP contribution in [0.25, 0.3) is 22.7 Å². The van der Waals surface area contributed by atoms with E-state index in [0.29, 0.717) is 39.9 Å². The van der Waals surface area contributed by atoms with Crippen molar-refractivity contribution in [3.8, 4) is 23.0 Å². The molecule has 0 bridgehead atoms. The van der Waals surface area contributed by atoms with Gasteiger partial charge >= 0.3 is 0 Å². The zero-order valence-electron chi connectivity index (χ0n) is 17.2. The summed E-state index contributed by atoms with van der Waals surface area (Å²) in [6.07, 6.45) is 1.65. The van der Waals surface area contributed by atoms with Crippen LogP contribution < -0.4 is 14.8 Å². The highest BCUT2D eigenvalue weighted by atomic mass is 79.9. The first-order valence-electron chi connectivity index (χ1n) is 9.52. The predicted octanol–water partition coefficient (Wildman–Crippen LogP) is 5.46. The van der Waals surface area contributed by atoms with Crippen LogP contribution in [-0.4, -0.2) is 28.6 Å². The number of aromatic nitrogens is 2. The third-order valence-corrected chi connectivity index (χ3v) is 5.12. The minimum Gasteiger partial charge on any atom is -0.495 e. The summed E-state index contributed by atoms with van der Waals surface area (Å²) in [7, 11) is 1.54. The van der Waals surface area contributed by atoms with Crippen molar-refractivity contribution >= 4 is 38.8 Å². The van der Waals surface area contributed by atoms with Gasteiger partial charge in [0.2, 0.25) is 5.89 Å². The number of nitrogens with one attached hydrogen (secondary N) is 1. The normalized spacial score (nSPS) is 11.4. The second-order valence-corrected chi connectivity index (χ2v) is 8.20. The number of rotatable bonds is 6. The number of carbonyl (C=O) groups excluding carboxylic acids is 1. The van der Waals surface area contributed by atoms with E-state index in [4.69, 9.17) is 13.9 Å². The Labute approximate surface area is 187 Å². The standard InChI is InChI=1S/C23H20BrN3O4/c1-23(2,31-16-9-7-15(24)8-10-16)22(28)26-17-13-14(6-11-18(17)29-3)21-27-20-19(30-21)5-4-12-25-20/h4-13H,1-3H3,(H,26,28). The van der Waals surface area contributed by atoms with E-state index >= 15 is 0 Å². The molecule has 31 heavy (non-hydrogen) atoms. The van der Waals surface area contributed by atoms with E-state index in [2.05, 4.69) is 31.2 Å². The van der Waals surface area contributed by atoms with Crippen molar-refractivity contribution in [1.82, 2.24) is 9.97 Å². The smallest absolute Gasteiger partial charge is 0.268 e. The number of halogens is 1. The fourth-order valence-corrected chi connectivity index (χ4v) is 3.21. The molecule has 0 aliphatic heterocycles. The van der Waals surface area contributed by atoms with E-state index in [1.807, 2.05) is 18.2 Å². The van der Waals surface area contributed by atoms with E-state index < -0.39 is 5.60 Å². The molecule has 4 aromatic rings. The Morgan fingerprint density at radius 3 is 2.61 bits per heavy atom. The van der Waals surface area contributed by atoms with Crippen molar-refractivity contribution in [2.75, 3.05) is 12.4 Å². The number of nitrogens with zero attached hydrogens (tertiary/aromatic N) is 2. The number of benzene rings is 2. The maximum atomic E-state index is 13.0. The van der Waals surface area contributed by atoms with Gasteiger partial charge < -0.3 is 19.2 Å². The molecule has 7 nitrogen and oxygen atoms in total. The maximum absolute atomic E-state index is 13.0. The summed E-state index contributed by atoms with van der Waals surface area (Å²) < 4.78 is 18.0. The molecule has 0 atom stereocenters. The lowest BCUT2D eigenvalue weighted by Gasteiger charge is -2.26. The Morgan fingerprint density at radius 2 is 1.90 bits per heavy atom. The molecule has 0 aliphatic rings. The van der Waals surface area contributed by atoms with Crippen LogP contribution >= 0.6 is 15.9 Å². The number of hydrogen-bond acceptors (Lipinski definition) is 6. The first-order valence-corrected chi connectivity index (χ1v) is 10.3. The molecule has 0 saturated heterocycles. The summed E-state index contributed by atoms with van der Waals surface area (Å²) in [6, 6.07) is 16.2. The van der Waals surface area contributed by atoms with Gasteiger partial charge in [-0.2, -0.15) is 4.98 Å². The van der Waals surface area contributed by atoms with Gasteiger partial charge in [0, 0.05) is 16.2 Å². The summed E-state index contributed by atoms with van der Waals surface area (Å²) in [4.78, 5) is 21.6. The summed E-state index contributed by atoms with van der Waals surface area (Å²) in [5.41, 5.74) is 1.13. The highest BCUT2D eigenvalue weighted by Crippen LogP contribution is 2.32. The fourth-order valence-electron chi connectivity index (χ4n) is 2.95. The highest BCUT2D eigenvalue weighted by molar-refractivity contribution is 9.10. The van der Waals surface area contributed by atoms with Crippen LogP contribution in [0.5, 0.6) is 11.5 Å². The van der Waals surface area contributed by atoms with Crippen LogP contribution in [0.15, 0.2) is 69.7 Å². The van der Waals surface area contributed by atoms with Crippen molar-refractivity contribution in [3.63, 3.8) is 0 Å². The number of carbonyl (C=O) groups is 1. The Hall–Kier alpha value is -3.39. The van der Waals surface area contributed by atoms with Crippen LogP contribution in [0.1, 0.15) is 13.8 Å². The van der Waals surface area contributed by atoms with Crippen molar-refractivity contribution < 1.29 is 18.7 Å². The molecule has 0 spiro atoms. The number of ether oxygens (including phenoxy) is 2. The SMILES string of the molecule is COc1ccc(-c2nc3ncccc3o2)cc1NC(=O)C(C)(C)Oc1ccc(Br)cc1. The highest BCUT2D eigenvalue weighted by Gasteiger charge is 2.31. The number of amides is 1. The number of oxazole rings is 1. The largest absolute Gasteiger partial charge is 0.495 e. The van der Waals surface area contributed by atoms with Gasteiger partial charge in [-0.15, -0.1) is 0 Å². The molecular weight excluding hydrogens is 462 g/mol. The zero-order chi connectivity index (χ0) is 22.0. The van der Waals surface area contributed by atoms with Crippen molar-refractivity contribution in [1.29, 1.82) is 0 Å². The Balaban J connectivity index is 1.59. The van der Waals surface area contributed by atoms with E-state index in [9.17, 15) is 4.79 Å². The van der Waals surface area contributed by atoms with Crippen molar-refractivity contribution in [2.24, 2.45) is 0 Å². The van der Waals surface area contributed by atoms with Gasteiger partial charge in [0.25, 0.3) is 5.91 Å². The Bertz CT molecular complexity index is 1200. The molecular formula is C23H20BrN3O4. The summed E-state index contributed by atoms with van der Waals surface area (Å²) in [5, 5.41) is 2.89. The monoisotopic (exact) mass is 481 g/mol. The lowest BCUT2D eigenvalue weighted by molar-refractivity contribution is -0.128. The molecule has 0 radical (unpaired) electrons. The zero-order valence-corrected chi connectivity index (χ0v) is 18.8. The number of methoxy groups -OCH3 is 1. The van der Waals surface area contributed by atoms with Crippen LogP contribution in [0.4, 0.5) is 5.69 Å². The van der Waals surface area contributed by atoms with Gasteiger partial charge in [-0.05, 0) is 68.4 Å². The second kappa shape index (κ2) is 8.39. The lowest BCUT2D eigenvalue weighted by Crippen LogP contribution is -2.42. The van der Waals surface area contributed by atoms with Crippen molar-refractivity contribution in [3.05, 3.63) is 65.3 Å². The minimum atomic E-state index is -1.13. The van der Waals surface area contributed by atoms with E-state index in [-0.39, 0.29) is 5.91 Å². The molecule has 158 valence electrons.